The molecular weight excluding hydrogens is 208 g/mol. The van der Waals surface area contributed by atoms with Gasteiger partial charge in [0.05, 0.1) is 12.4 Å². The fourth-order valence-electron chi connectivity index (χ4n) is 1.16. The van der Waals surface area contributed by atoms with E-state index >= 15 is 0 Å². The van der Waals surface area contributed by atoms with Crippen LogP contribution in [-0.2, 0) is 6.54 Å². The average Bonchev–Trinajstić information content (AvgIpc) is 2.79. The van der Waals surface area contributed by atoms with Gasteiger partial charge in [0.15, 0.2) is 0 Å². The van der Waals surface area contributed by atoms with E-state index in [2.05, 4.69) is 37.4 Å². The van der Waals surface area contributed by atoms with Crippen LogP contribution < -0.4 is 10.6 Å². The average molecular weight is 220 g/mol. The topological polar surface area (TPSA) is 49.8 Å². The van der Waals surface area contributed by atoms with E-state index in [1.807, 2.05) is 7.05 Å². The number of nitrogens with one attached hydrogen (secondary N) is 2. The summed E-state index contributed by atoms with van der Waals surface area (Å²) in [6.07, 6.45) is 3.41. The number of anilines is 2. The van der Waals surface area contributed by atoms with E-state index in [1.54, 1.807) is 23.7 Å². The second kappa shape index (κ2) is 4.75. The minimum absolute atomic E-state index is 0.769. The zero-order chi connectivity index (χ0) is 10.5. The summed E-state index contributed by atoms with van der Waals surface area (Å²) in [4.78, 5) is 8.38. The molecule has 0 aliphatic carbocycles. The van der Waals surface area contributed by atoms with Crippen molar-refractivity contribution in [3.8, 4) is 0 Å². The second-order valence-corrected chi connectivity index (χ2v) is 3.80. The third-order valence-electron chi connectivity index (χ3n) is 1.94. The number of hydrogen-bond acceptors (Lipinski definition) is 5. The molecule has 78 valence electrons. The first-order valence-corrected chi connectivity index (χ1v) is 5.57. The fraction of sp³-hybridized carbons (Fsp3) is 0.200. The Morgan fingerprint density at radius 2 is 2.20 bits per heavy atom. The van der Waals surface area contributed by atoms with Crippen LogP contribution >= 0.6 is 11.3 Å². The van der Waals surface area contributed by atoms with Gasteiger partial charge in [-0.3, -0.25) is 4.98 Å². The van der Waals surface area contributed by atoms with Crippen molar-refractivity contribution in [3.63, 3.8) is 0 Å². The number of rotatable bonds is 4. The molecule has 0 radical (unpaired) electrons. The van der Waals surface area contributed by atoms with E-state index < -0.39 is 0 Å². The second-order valence-electron chi connectivity index (χ2n) is 3.02. The summed E-state index contributed by atoms with van der Waals surface area (Å²) >= 11 is 1.69. The van der Waals surface area contributed by atoms with Crippen molar-refractivity contribution in [1.29, 1.82) is 0 Å². The van der Waals surface area contributed by atoms with Crippen LogP contribution in [0.1, 0.15) is 5.56 Å². The van der Waals surface area contributed by atoms with Crippen molar-refractivity contribution in [3.05, 3.63) is 34.8 Å². The van der Waals surface area contributed by atoms with Crippen LogP contribution in [0.5, 0.6) is 0 Å². The number of aromatic nitrogens is 2. The van der Waals surface area contributed by atoms with Gasteiger partial charge in [-0.25, -0.2) is 4.98 Å². The molecule has 2 rings (SSSR count). The molecule has 0 atom stereocenters. The summed E-state index contributed by atoms with van der Waals surface area (Å²) in [6.45, 7) is 0.783. The van der Waals surface area contributed by atoms with Crippen molar-refractivity contribution in [2.45, 2.75) is 6.54 Å². The molecule has 0 aliphatic heterocycles. The van der Waals surface area contributed by atoms with Crippen LogP contribution in [0.25, 0.3) is 0 Å². The molecule has 0 unspecified atom stereocenters. The van der Waals surface area contributed by atoms with Crippen LogP contribution in [0.4, 0.5) is 11.6 Å². The Labute approximate surface area is 92.4 Å². The van der Waals surface area contributed by atoms with Gasteiger partial charge in [0.25, 0.3) is 0 Å². The molecule has 2 aromatic rings. The highest BCUT2D eigenvalue weighted by Gasteiger charge is 1.97. The van der Waals surface area contributed by atoms with E-state index in [0.29, 0.717) is 0 Å². The normalized spacial score (nSPS) is 9.93. The Morgan fingerprint density at radius 3 is 2.93 bits per heavy atom. The zero-order valence-electron chi connectivity index (χ0n) is 8.40. The van der Waals surface area contributed by atoms with Crippen LogP contribution in [0.2, 0.25) is 0 Å². The molecule has 0 bridgehead atoms. The maximum absolute atomic E-state index is 4.31. The summed E-state index contributed by atoms with van der Waals surface area (Å²) in [7, 11) is 1.83. The van der Waals surface area contributed by atoms with Crippen LogP contribution in [0.3, 0.4) is 0 Å². The van der Waals surface area contributed by atoms with Crippen molar-refractivity contribution >= 4 is 23.0 Å². The highest BCUT2D eigenvalue weighted by atomic mass is 32.1. The first kappa shape index (κ1) is 9.92. The van der Waals surface area contributed by atoms with Gasteiger partial charge < -0.3 is 10.6 Å². The van der Waals surface area contributed by atoms with Crippen molar-refractivity contribution in [1.82, 2.24) is 9.97 Å². The Bertz CT molecular complexity index is 413. The summed E-state index contributed by atoms with van der Waals surface area (Å²) in [5.74, 6) is 1.55. The third-order valence-corrected chi connectivity index (χ3v) is 2.68. The molecule has 0 saturated heterocycles. The monoisotopic (exact) mass is 220 g/mol. The van der Waals surface area contributed by atoms with E-state index in [9.17, 15) is 0 Å². The van der Waals surface area contributed by atoms with Crippen molar-refractivity contribution < 1.29 is 0 Å². The van der Waals surface area contributed by atoms with E-state index in [4.69, 9.17) is 0 Å². The molecule has 0 aromatic carbocycles. The van der Waals surface area contributed by atoms with Crippen molar-refractivity contribution in [2.75, 3.05) is 17.7 Å². The van der Waals surface area contributed by atoms with E-state index in [0.717, 1.165) is 18.2 Å². The third kappa shape index (κ3) is 2.66. The van der Waals surface area contributed by atoms with Gasteiger partial charge in [0, 0.05) is 13.6 Å². The standard InChI is InChI=1S/C10H12N4S/c1-11-9-5-12-6-10(14-9)13-4-8-2-3-15-7-8/h2-3,5-7H,4H2,1H3,(H2,11,13,14). The predicted octanol–water partition coefficient (Wildman–Crippen LogP) is 2.19. The molecule has 0 amide bonds. The van der Waals surface area contributed by atoms with Crippen molar-refractivity contribution in [2.24, 2.45) is 0 Å². The van der Waals surface area contributed by atoms with Gasteiger partial charge in [-0.15, -0.1) is 0 Å². The van der Waals surface area contributed by atoms with Gasteiger partial charge in [0.1, 0.15) is 11.6 Å². The summed E-state index contributed by atoms with van der Waals surface area (Å²) in [6, 6.07) is 2.09. The zero-order valence-corrected chi connectivity index (χ0v) is 9.21. The lowest BCUT2D eigenvalue weighted by Gasteiger charge is -2.05. The van der Waals surface area contributed by atoms with Gasteiger partial charge in [-0.1, -0.05) is 0 Å². The van der Waals surface area contributed by atoms with E-state index in [1.165, 1.54) is 5.56 Å². The minimum Gasteiger partial charge on any atom is -0.372 e. The van der Waals surface area contributed by atoms with Gasteiger partial charge in [0.2, 0.25) is 0 Å². The van der Waals surface area contributed by atoms with E-state index in [-0.39, 0.29) is 0 Å². The molecule has 2 N–H and O–H groups in total. The Kier molecular flexibility index (Phi) is 3.14. The molecule has 0 saturated carbocycles. The maximum atomic E-state index is 4.31. The lowest BCUT2D eigenvalue weighted by Crippen LogP contribution is -2.02. The van der Waals surface area contributed by atoms with Crippen LogP contribution in [-0.4, -0.2) is 17.0 Å². The molecule has 2 aromatic heterocycles. The Balaban J connectivity index is 1.98. The molecule has 5 heteroatoms. The number of hydrogen-bond donors (Lipinski definition) is 2. The number of nitrogens with zero attached hydrogens (tertiary/aromatic N) is 2. The van der Waals surface area contributed by atoms with Crippen LogP contribution in [0, 0.1) is 0 Å². The lowest BCUT2D eigenvalue weighted by atomic mass is 10.3. The highest BCUT2D eigenvalue weighted by Crippen LogP contribution is 2.10. The summed E-state index contributed by atoms with van der Waals surface area (Å²) in [5, 5.41) is 10.3. The predicted molar refractivity (Wildman–Crippen MR) is 63.2 cm³/mol. The Hall–Kier alpha value is -1.62. The maximum Gasteiger partial charge on any atom is 0.147 e. The van der Waals surface area contributed by atoms with Gasteiger partial charge >= 0.3 is 0 Å². The first-order valence-electron chi connectivity index (χ1n) is 4.63. The van der Waals surface area contributed by atoms with Crippen LogP contribution in [0.15, 0.2) is 29.2 Å². The Morgan fingerprint density at radius 1 is 1.33 bits per heavy atom. The number of thiophene rings is 1. The lowest BCUT2D eigenvalue weighted by molar-refractivity contribution is 1.09. The summed E-state index contributed by atoms with van der Waals surface area (Å²) < 4.78 is 0. The molecule has 4 nitrogen and oxygen atoms in total. The fourth-order valence-corrected chi connectivity index (χ4v) is 1.83. The molecule has 2 heterocycles. The van der Waals surface area contributed by atoms with Gasteiger partial charge in [-0.05, 0) is 22.4 Å². The largest absolute Gasteiger partial charge is 0.372 e. The molecule has 0 spiro atoms. The summed E-state index contributed by atoms with van der Waals surface area (Å²) in [5.41, 5.74) is 1.26. The first-order chi connectivity index (χ1) is 7.38. The quantitative estimate of drug-likeness (QED) is 0.829. The molecular formula is C10H12N4S. The molecule has 15 heavy (non-hydrogen) atoms. The van der Waals surface area contributed by atoms with Gasteiger partial charge in [-0.2, -0.15) is 11.3 Å². The highest BCUT2D eigenvalue weighted by molar-refractivity contribution is 7.07. The molecule has 0 fully saturated rings. The minimum atomic E-state index is 0.769. The smallest absolute Gasteiger partial charge is 0.147 e. The SMILES string of the molecule is CNc1cncc(NCc2ccsc2)n1. The molecule has 0 aliphatic rings.